The lowest BCUT2D eigenvalue weighted by atomic mass is 9.99. The standard InChI is InChI=1S/C19H24N2O2S2/c1-6-11(2)14-7-9-15(10-8-14)20-19(24)21-17-16(18(22)23-5)12(3)13(4)25-17/h7-11H,6H2,1-5H3,(H2,20,21,24). The molecule has 0 aliphatic rings. The van der Waals surface area contributed by atoms with E-state index in [0.29, 0.717) is 21.6 Å². The van der Waals surface area contributed by atoms with Gasteiger partial charge in [0.2, 0.25) is 0 Å². The summed E-state index contributed by atoms with van der Waals surface area (Å²) < 4.78 is 4.88. The summed E-state index contributed by atoms with van der Waals surface area (Å²) in [4.78, 5) is 13.1. The van der Waals surface area contributed by atoms with Gasteiger partial charge >= 0.3 is 5.97 Å². The number of aryl methyl sites for hydroxylation is 1. The third-order valence-electron chi connectivity index (χ3n) is 4.35. The Bertz CT molecular complexity index is 766. The van der Waals surface area contributed by atoms with Crippen molar-refractivity contribution in [1.29, 1.82) is 0 Å². The molecule has 1 aromatic heterocycles. The van der Waals surface area contributed by atoms with Crippen molar-refractivity contribution in [2.24, 2.45) is 0 Å². The zero-order valence-electron chi connectivity index (χ0n) is 15.2. The van der Waals surface area contributed by atoms with Crippen LogP contribution in [0.25, 0.3) is 0 Å². The van der Waals surface area contributed by atoms with Crippen LogP contribution in [0.2, 0.25) is 0 Å². The van der Waals surface area contributed by atoms with Gasteiger partial charge in [-0.3, -0.25) is 0 Å². The summed E-state index contributed by atoms with van der Waals surface area (Å²) in [5, 5.41) is 7.44. The van der Waals surface area contributed by atoms with Gasteiger partial charge in [-0.25, -0.2) is 4.79 Å². The molecule has 0 fully saturated rings. The predicted molar refractivity (Wildman–Crippen MR) is 110 cm³/mol. The van der Waals surface area contributed by atoms with Crippen LogP contribution in [0.15, 0.2) is 24.3 Å². The Morgan fingerprint density at radius 1 is 1.24 bits per heavy atom. The Kier molecular flexibility index (Phi) is 6.56. The molecule has 2 N–H and O–H groups in total. The molecule has 1 heterocycles. The van der Waals surface area contributed by atoms with E-state index in [-0.39, 0.29) is 5.97 Å². The quantitative estimate of drug-likeness (QED) is 0.535. The van der Waals surface area contributed by atoms with Gasteiger partial charge in [-0.15, -0.1) is 11.3 Å². The van der Waals surface area contributed by atoms with Crippen LogP contribution in [0, 0.1) is 13.8 Å². The highest BCUT2D eigenvalue weighted by molar-refractivity contribution is 7.80. The molecule has 2 rings (SSSR count). The normalized spacial score (nSPS) is 11.7. The number of hydrogen-bond donors (Lipinski definition) is 2. The fraction of sp³-hybridized carbons (Fsp3) is 0.368. The molecular weight excluding hydrogens is 352 g/mol. The molecule has 0 saturated carbocycles. The summed E-state index contributed by atoms with van der Waals surface area (Å²) in [7, 11) is 1.38. The molecule has 0 radical (unpaired) electrons. The summed E-state index contributed by atoms with van der Waals surface area (Å²) in [5.41, 5.74) is 3.68. The summed E-state index contributed by atoms with van der Waals surface area (Å²) in [6.45, 7) is 8.28. The fourth-order valence-electron chi connectivity index (χ4n) is 2.46. The Morgan fingerprint density at radius 2 is 1.88 bits per heavy atom. The highest BCUT2D eigenvalue weighted by atomic mass is 32.1. The Morgan fingerprint density at radius 3 is 2.44 bits per heavy atom. The third-order valence-corrected chi connectivity index (χ3v) is 5.68. The van der Waals surface area contributed by atoms with E-state index >= 15 is 0 Å². The monoisotopic (exact) mass is 376 g/mol. The van der Waals surface area contributed by atoms with Crippen LogP contribution in [0.4, 0.5) is 10.7 Å². The van der Waals surface area contributed by atoms with Crippen molar-refractivity contribution < 1.29 is 9.53 Å². The van der Waals surface area contributed by atoms with Crippen molar-refractivity contribution >= 4 is 45.3 Å². The highest BCUT2D eigenvalue weighted by Gasteiger charge is 2.20. The van der Waals surface area contributed by atoms with E-state index in [2.05, 4.69) is 36.6 Å². The summed E-state index contributed by atoms with van der Waals surface area (Å²) in [6, 6.07) is 8.25. The Balaban J connectivity index is 2.10. The lowest BCUT2D eigenvalue weighted by Gasteiger charge is -2.13. The molecule has 1 atom stereocenters. The minimum absolute atomic E-state index is 0.356. The van der Waals surface area contributed by atoms with E-state index < -0.39 is 0 Å². The van der Waals surface area contributed by atoms with E-state index in [1.807, 2.05) is 26.0 Å². The van der Waals surface area contributed by atoms with Crippen LogP contribution in [-0.4, -0.2) is 18.2 Å². The fourth-order valence-corrected chi connectivity index (χ4v) is 3.80. The van der Waals surface area contributed by atoms with Crippen molar-refractivity contribution in [3.8, 4) is 0 Å². The van der Waals surface area contributed by atoms with Crippen molar-refractivity contribution in [3.05, 3.63) is 45.8 Å². The lowest BCUT2D eigenvalue weighted by molar-refractivity contribution is 0.0601. The number of ether oxygens (including phenoxy) is 1. The molecule has 0 amide bonds. The van der Waals surface area contributed by atoms with E-state index in [1.165, 1.54) is 24.0 Å². The number of anilines is 2. The van der Waals surface area contributed by atoms with Crippen LogP contribution in [0.5, 0.6) is 0 Å². The smallest absolute Gasteiger partial charge is 0.341 e. The Hall–Kier alpha value is -1.92. The number of esters is 1. The van der Waals surface area contributed by atoms with E-state index in [4.69, 9.17) is 17.0 Å². The van der Waals surface area contributed by atoms with E-state index in [9.17, 15) is 4.79 Å². The van der Waals surface area contributed by atoms with Crippen molar-refractivity contribution in [2.75, 3.05) is 17.7 Å². The number of benzene rings is 1. The third kappa shape index (κ3) is 4.58. The summed E-state index contributed by atoms with van der Waals surface area (Å²) >= 11 is 6.89. The largest absolute Gasteiger partial charge is 0.465 e. The van der Waals surface area contributed by atoms with Crippen LogP contribution in [0.1, 0.15) is 52.5 Å². The summed E-state index contributed by atoms with van der Waals surface area (Å²) in [6.07, 6.45) is 1.11. The molecular formula is C19H24N2O2S2. The van der Waals surface area contributed by atoms with Crippen LogP contribution in [-0.2, 0) is 4.74 Å². The molecule has 0 saturated heterocycles. The number of thiocarbonyl (C=S) groups is 1. The van der Waals surface area contributed by atoms with Gasteiger partial charge in [-0.2, -0.15) is 0 Å². The second-order valence-corrected chi connectivity index (χ2v) is 7.62. The molecule has 1 unspecified atom stereocenters. The molecule has 4 nitrogen and oxygen atoms in total. The van der Waals surface area contributed by atoms with Gasteiger partial charge in [0.15, 0.2) is 5.11 Å². The van der Waals surface area contributed by atoms with Crippen molar-refractivity contribution in [1.82, 2.24) is 0 Å². The predicted octanol–water partition coefficient (Wildman–Crippen LogP) is 5.47. The van der Waals surface area contributed by atoms with Crippen molar-refractivity contribution in [2.45, 2.75) is 40.0 Å². The van der Waals surface area contributed by atoms with Gasteiger partial charge in [-0.1, -0.05) is 26.0 Å². The van der Waals surface area contributed by atoms with Crippen LogP contribution in [0.3, 0.4) is 0 Å². The molecule has 0 aliphatic carbocycles. The van der Waals surface area contributed by atoms with Crippen LogP contribution < -0.4 is 10.6 Å². The second kappa shape index (κ2) is 8.45. The van der Waals surface area contributed by atoms with E-state index in [1.54, 1.807) is 0 Å². The molecule has 6 heteroatoms. The number of rotatable bonds is 5. The zero-order chi connectivity index (χ0) is 18.6. The second-order valence-electron chi connectivity index (χ2n) is 5.99. The lowest BCUT2D eigenvalue weighted by Crippen LogP contribution is -2.20. The first-order valence-corrected chi connectivity index (χ1v) is 9.46. The highest BCUT2D eigenvalue weighted by Crippen LogP contribution is 2.33. The first kappa shape index (κ1) is 19.4. The van der Waals surface area contributed by atoms with Gasteiger partial charge in [0.25, 0.3) is 0 Å². The number of nitrogens with one attached hydrogen (secondary N) is 2. The molecule has 134 valence electrons. The molecule has 0 spiro atoms. The SMILES string of the molecule is CCC(C)c1ccc(NC(=S)Nc2sc(C)c(C)c2C(=O)OC)cc1. The van der Waals surface area contributed by atoms with Gasteiger partial charge in [0, 0.05) is 10.6 Å². The number of hydrogen-bond acceptors (Lipinski definition) is 4. The summed E-state index contributed by atoms with van der Waals surface area (Å²) in [5.74, 6) is 0.184. The first-order chi connectivity index (χ1) is 11.9. The topological polar surface area (TPSA) is 50.4 Å². The maximum absolute atomic E-state index is 12.0. The molecule has 1 aromatic carbocycles. The maximum atomic E-state index is 12.0. The van der Waals surface area contributed by atoms with Gasteiger partial charge in [-0.05, 0) is 61.7 Å². The van der Waals surface area contributed by atoms with Gasteiger partial charge in [0.05, 0.1) is 12.7 Å². The van der Waals surface area contributed by atoms with Gasteiger partial charge in [0.1, 0.15) is 5.00 Å². The number of carbonyl (C=O) groups excluding carboxylic acids is 1. The zero-order valence-corrected chi connectivity index (χ0v) is 16.9. The van der Waals surface area contributed by atoms with Crippen LogP contribution >= 0.6 is 23.6 Å². The average molecular weight is 377 g/mol. The van der Waals surface area contributed by atoms with E-state index in [0.717, 1.165) is 22.5 Å². The number of carbonyl (C=O) groups is 1. The van der Waals surface area contributed by atoms with Crippen molar-refractivity contribution in [3.63, 3.8) is 0 Å². The molecule has 0 bridgehead atoms. The molecule has 0 aliphatic heterocycles. The average Bonchev–Trinajstić information content (AvgIpc) is 2.87. The maximum Gasteiger partial charge on any atom is 0.341 e. The Labute approximate surface area is 158 Å². The van der Waals surface area contributed by atoms with Gasteiger partial charge < -0.3 is 15.4 Å². The molecule has 25 heavy (non-hydrogen) atoms. The minimum Gasteiger partial charge on any atom is -0.465 e. The molecule has 2 aromatic rings. The minimum atomic E-state index is -0.356. The first-order valence-electron chi connectivity index (χ1n) is 8.23. The number of thiophene rings is 1. The number of methoxy groups -OCH3 is 1.